The van der Waals surface area contributed by atoms with Gasteiger partial charge in [0.25, 0.3) is 0 Å². The van der Waals surface area contributed by atoms with E-state index in [-0.39, 0.29) is 23.9 Å². The summed E-state index contributed by atoms with van der Waals surface area (Å²) in [4.78, 5) is 29.5. The van der Waals surface area contributed by atoms with Crippen molar-refractivity contribution in [1.29, 1.82) is 0 Å². The van der Waals surface area contributed by atoms with Crippen LogP contribution in [0.1, 0.15) is 63.3 Å². The molecule has 0 aliphatic heterocycles. The van der Waals surface area contributed by atoms with Gasteiger partial charge in [-0.3, -0.25) is 13.9 Å². The van der Waals surface area contributed by atoms with Crippen LogP contribution in [0.2, 0.25) is 0 Å². The highest BCUT2D eigenvalue weighted by Crippen LogP contribution is 2.26. The molecule has 0 saturated heterocycles. The number of hydrogen-bond donors (Lipinski definition) is 1. The molecule has 0 aromatic heterocycles. The first kappa shape index (κ1) is 32.9. The molecule has 7 nitrogen and oxygen atoms in total. The first-order valence-electron chi connectivity index (χ1n) is 14.5. The highest BCUT2D eigenvalue weighted by molar-refractivity contribution is 7.92. The van der Waals surface area contributed by atoms with Gasteiger partial charge in [0.15, 0.2) is 0 Å². The van der Waals surface area contributed by atoms with Crippen molar-refractivity contribution in [2.75, 3.05) is 17.1 Å². The Morgan fingerprint density at radius 3 is 2.07 bits per heavy atom. The number of carbonyl (C=O) groups excluding carboxylic acids is 2. The summed E-state index contributed by atoms with van der Waals surface area (Å²) in [6.45, 7) is 11.9. The van der Waals surface area contributed by atoms with Crippen LogP contribution < -0.4 is 9.62 Å². The summed E-state index contributed by atoms with van der Waals surface area (Å²) in [5, 5.41) is 3.05. The van der Waals surface area contributed by atoms with Gasteiger partial charge < -0.3 is 10.2 Å². The predicted octanol–water partition coefficient (Wildman–Crippen LogP) is 5.61. The van der Waals surface area contributed by atoms with Gasteiger partial charge in [0, 0.05) is 19.0 Å². The molecule has 3 rings (SSSR count). The van der Waals surface area contributed by atoms with Crippen molar-refractivity contribution < 1.29 is 18.0 Å². The number of nitrogens with one attached hydrogen (secondary N) is 1. The van der Waals surface area contributed by atoms with E-state index in [1.54, 1.807) is 12.1 Å². The Hall–Kier alpha value is -3.65. The van der Waals surface area contributed by atoms with Crippen LogP contribution in [-0.2, 0) is 38.0 Å². The van der Waals surface area contributed by atoms with Crippen molar-refractivity contribution >= 4 is 27.5 Å². The monoisotopic (exact) mass is 591 g/mol. The molecule has 0 saturated carbocycles. The lowest BCUT2D eigenvalue weighted by Gasteiger charge is -2.34. The van der Waals surface area contributed by atoms with Crippen molar-refractivity contribution in [1.82, 2.24) is 10.2 Å². The van der Waals surface area contributed by atoms with E-state index >= 15 is 0 Å². The van der Waals surface area contributed by atoms with Crippen LogP contribution in [0.25, 0.3) is 0 Å². The molecule has 0 aliphatic rings. The normalized spacial score (nSPS) is 13.2. The van der Waals surface area contributed by atoms with Crippen molar-refractivity contribution in [2.24, 2.45) is 0 Å². The number of amides is 2. The fourth-order valence-corrected chi connectivity index (χ4v) is 5.59. The maximum Gasteiger partial charge on any atom is 0.244 e. The Labute approximate surface area is 252 Å². The minimum absolute atomic E-state index is 0.0828. The van der Waals surface area contributed by atoms with Gasteiger partial charge >= 0.3 is 0 Å². The molecule has 1 N–H and O–H groups in total. The van der Waals surface area contributed by atoms with E-state index in [2.05, 4.69) is 26.1 Å². The largest absolute Gasteiger partial charge is 0.352 e. The summed E-state index contributed by atoms with van der Waals surface area (Å²) < 4.78 is 27.2. The molecule has 0 aliphatic carbocycles. The number of rotatable bonds is 12. The lowest BCUT2D eigenvalue weighted by atomic mass is 9.87. The van der Waals surface area contributed by atoms with E-state index < -0.39 is 28.5 Å². The Morgan fingerprint density at radius 2 is 1.52 bits per heavy atom. The van der Waals surface area contributed by atoms with Crippen molar-refractivity contribution in [2.45, 2.75) is 78.4 Å². The van der Waals surface area contributed by atoms with Crippen LogP contribution in [0, 0.1) is 6.92 Å². The lowest BCUT2D eigenvalue weighted by molar-refractivity contribution is -0.140. The smallest absolute Gasteiger partial charge is 0.244 e. The van der Waals surface area contributed by atoms with E-state index in [1.807, 2.05) is 87.5 Å². The number of hydrogen-bond acceptors (Lipinski definition) is 4. The van der Waals surface area contributed by atoms with Crippen molar-refractivity contribution in [3.63, 3.8) is 0 Å². The molecular weight excluding hydrogens is 546 g/mol. The van der Waals surface area contributed by atoms with Gasteiger partial charge in [0.05, 0.1) is 11.9 Å². The third kappa shape index (κ3) is 9.18. The highest BCUT2D eigenvalue weighted by atomic mass is 32.2. The van der Waals surface area contributed by atoms with E-state index in [1.165, 1.54) is 4.90 Å². The van der Waals surface area contributed by atoms with Crippen LogP contribution in [0.3, 0.4) is 0 Å². The number of aryl methyl sites for hydroxylation is 1. The Morgan fingerprint density at radius 1 is 0.905 bits per heavy atom. The first-order chi connectivity index (χ1) is 19.7. The molecule has 0 fully saturated rings. The first-order valence-corrected chi connectivity index (χ1v) is 16.3. The van der Waals surface area contributed by atoms with E-state index in [9.17, 15) is 18.0 Å². The molecule has 3 aromatic rings. The number of carbonyl (C=O) groups is 2. The molecule has 0 unspecified atom stereocenters. The zero-order valence-electron chi connectivity index (χ0n) is 25.9. The van der Waals surface area contributed by atoms with E-state index in [0.29, 0.717) is 12.1 Å². The highest BCUT2D eigenvalue weighted by Gasteiger charge is 2.33. The quantitative estimate of drug-likeness (QED) is 0.297. The Balaban J connectivity index is 2.06. The fraction of sp³-hybridized carbons (Fsp3) is 0.412. The molecule has 42 heavy (non-hydrogen) atoms. The van der Waals surface area contributed by atoms with Gasteiger partial charge in [-0.05, 0) is 54.5 Å². The SMILES string of the molecule is CC[C@H](C)NC(=O)[C@@H](Cc1ccccc1)N(Cc1cccc(C)c1)C(=O)CN(c1ccc(C(C)(C)C)cc1)S(C)(=O)=O. The summed E-state index contributed by atoms with van der Waals surface area (Å²) in [5.74, 6) is -0.725. The van der Waals surface area contributed by atoms with Crippen molar-refractivity contribution in [3.8, 4) is 0 Å². The predicted molar refractivity (Wildman–Crippen MR) is 171 cm³/mol. The Bertz CT molecular complexity index is 1450. The lowest BCUT2D eigenvalue weighted by Crippen LogP contribution is -2.54. The van der Waals surface area contributed by atoms with Crippen LogP contribution in [0.15, 0.2) is 78.9 Å². The van der Waals surface area contributed by atoms with E-state index in [0.717, 1.165) is 39.2 Å². The minimum Gasteiger partial charge on any atom is -0.352 e. The number of nitrogens with zero attached hydrogens (tertiary/aromatic N) is 2. The maximum atomic E-state index is 14.2. The molecule has 0 bridgehead atoms. The van der Waals surface area contributed by atoms with Crippen LogP contribution in [0.5, 0.6) is 0 Å². The molecule has 2 amide bonds. The topological polar surface area (TPSA) is 86.8 Å². The molecule has 226 valence electrons. The average molecular weight is 592 g/mol. The second-order valence-corrected chi connectivity index (χ2v) is 14.0. The third-order valence-electron chi connectivity index (χ3n) is 7.41. The van der Waals surface area contributed by atoms with Gasteiger partial charge in [-0.2, -0.15) is 0 Å². The zero-order chi connectivity index (χ0) is 31.1. The molecule has 3 aromatic carbocycles. The summed E-state index contributed by atoms with van der Waals surface area (Å²) in [6.07, 6.45) is 2.13. The van der Waals surface area contributed by atoms with Crippen LogP contribution in [-0.4, -0.2) is 50.0 Å². The standard InChI is InChI=1S/C34H45N3O4S/c1-8-26(3)35-33(39)31(22-27-14-10-9-11-15-27)36(23-28-16-12-13-25(2)21-28)32(38)24-37(42(7,40)41)30-19-17-29(18-20-30)34(4,5)6/h9-21,26,31H,8,22-24H2,1-7H3,(H,35,39)/t26-,31+/m0/s1. The van der Waals surface area contributed by atoms with Gasteiger partial charge in [-0.15, -0.1) is 0 Å². The minimum atomic E-state index is -3.82. The second-order valence-electron chi connectivity index (χ2n) is 12.1. The number of benzene rings is 3. The summed E-state index contributed by atoms with van der Waals surface area (Å²) in [5.41, 5.74) is 4.14. The van der Waals surface area contributed by atoms with Gasteiger partial charge in [0.1, 0.15) is 12.6 Å². The average Bonchev–Trinajstić information content (AvgIpc) is 2.93. The molecule has 0 radical (unpaired) electrons. The second kappa shape index (κ2) is 14.0. The van der Waals surface area contributed by atoms with Crippen molar-refractivity contribution in [3.05, 3.63) is 101 Å². The molecule has 8 heteroatoms. The van der Waals surface area contributed by atoms with E-state index in [4.69, 9.17) is 0 Å². The number of sulfonamides is 1. The van der Waals surface area contributed by atoms with Gasteiger partial charge in [-0.25, -0.2) is 8.42 Å². The molecule has 0 heterocycles. The summed E-state index contributed by atoms with van der Waals surface area (Å²) in [6, 6.07) is 23.7. The van der Waals surface area contributed by atoms with Crippen LogP contribution >= 0.6 is 0 Å². The Kier molecular flexibility index (Phi) is 11.0. The zero-order valence-corrected chi connectivity index (χ0v) is 26.7. The molecular formula is C34H45N3O4S. The van der Waals surface area contributed by atoms with Crippen LogP contribution in [0.4, 0.5) is 5.69 Å². The summed E-state index contributed by atoms with van der Waals surface area (Å²) >= 11 is 0. The summed E-state index contributed by atoms with van der Waals surface area (Å²) in [7, 11) is -3.82. The molecule has 2 atom stereocenters. The fourth-order valence-electron chi connectivity index (χ4n) is 4.74. The van der Waals surface area contributed by atoms with Gasteiger partial charge in [0.2, 0.25) is 21.8 Å². The third-order valence-corrected chi connectivity index (χ3v) is 8.55. The van der Waals surface area contributed by atoms with Gasteiger partial charge in [-0.1, -0.05) is 100.0 Å². The number of anilines is 1. The maximum absolute atomic E-state index is 14.2. The molecule has 0 spiro atoms.